The Morgan fingerprint density at radius 3 is 2.41 bits per heavy atom. The van der Waals surface area contributed by atoms with E-state index >= 15 is 0 Å². The van der Waals surface area contributed by atoms with Gasteiger partial charge in [-0.25, -0.2) is 18.4 Å². The number of aryl methyl sites for hydroxylation is 2. The van der Waals surface area contributed by atoms with E-state index in [0.717, 1.165) is 27.8 Å². The van der Waals surface area contributed by atoms with E-state index in [4.69, 9.17) is 0 Å². The van der Waals surface area contributed by atoms with Crippen molar-refractivity contribution in [3.63, 3.8) is 0 Å². The van der Waals surface area contributed by atoms with E-state index in [-0.39, 0.29) is 0 Å². The number of hydrogen-bond donors (Lipinski definition) is 0. The van der Waals surface area contributed by atoms with Gasteiger partial charge in [-0.2, -0.15) is 4.31 Å². The van der Waals surface area contributed by atoms with Crippen molar-refractivity contribution in [2.24, 2.45) is 0 Å². The number of para-hydroxylation sites is 1. The average Bonchev–Trinajstić information content (AvgIpc) is 2.67. The minimum absolute atomic E-state index is 0.397. The fourth-order valence-electron chi connectivity index (χ4n) is 3.61. The number of rotatable bonds is 3. The SMILES string of the molecule is Cc1ccc(S(=O)(=O)N2CCN(c3ncnc4ccccc34)CC2)c(C)c1. The summed E-state index contributed by atoms with van der Waals surface area (Å²) in [6, 6.07) is 13.4. The Morgan fingerprint density at radius 2 is 1.67 bits per heavy atom. The lowest BCUT2D eigenvalue weighted by molar-refractivity contribution is 0.384. The summed E-state index contributed by atoms with van der Waals surface area (Å²) in [5.74, 6) is 0.865. The number of piperazine rings is 1. The molecule has 0 unspecified atom stereocenters. The Labute approximate surface area is 159 Å². The third kappa shape index (κ3) is 3.28. The topological polar surface area (TPSA) is 66.4 Å². The molecule has 0 saturated carbocycles. The molecule has 1 saturated heterocycles. The molecular weight excluding hydrogens is 360 g/mol. The zero-order chi connectivity index (χ0) is 19.0. The minimum atomic E-state index is -3.48. The first-order valence-corrected chi connectivity index (χ1v) is 10.4. The standard InChI is InChI=1S/C20H22N4O2S/c1-15-7-8-19(16(2)13-15)27(25,26)24-11-9-23(10-12-24)20-17-5-3-4-6-18(17)21-14-22-20/h3-8,13-14H,9-12H2,1-2H3. The van der Waals surface area contributed by atoms with Gasteiger partial charge in [-0.15, -0.1) is 0 Å². The van der Waals surface area contributed by atoms with Crippen LogP contribution in [0.2, 0.25) is 0 Å². The molecule has 4 rings (SSSR count). The van der Waals surface area contributed by atoms with Crippen LogP contribution in [0, 0.1) is 13.8 Å². The summed E-state index contributed by atoms with van der Waals surface area (Å²) in [6.07, 6.45) is 1.57. The van der Waals surface area contributed by atoms with E-state index < -0.39 is 10.0 Å². The quantitative estimate of drug-likeness (QED) is 0.697. The second kappa shape index (κ2) is 6.90. The van der Waals surface area contributed by atoms with Gasteiger partial charge in [-0.05, 0) is 37.6 Å². The molecule has 3 aromatic rings. The molecule has 0 aliphatic carbocycles. The summed E-state index contributed by atoms with van der Waals surface area (Å²) < 4.78 is 27.7. The van der Waals surface area contributed by atoms with Gasteiger partial charge < -0.3 is 4.90 Å². The molecule has 140 valence electrons. The van der Waals surface area contributed by atoms with E-state index in [1.54, 1.807) is 16.7 Å². The molecule has 2 aromatic carbocycles. The number of sulfonamides is 1. The maximum absolute atomic E-state index is 13.1. The summed E-state index contributed by atoms with van der Waals surface area (Å²) in [5, 5.41) is 0.991. The minimum Gasteiger partial charge on any atom is -0.353 e. The van der Waals surface area contributed by atoms with Crippen LogP contribution < -0.4 is 4.90 Å². The summed E-state index contributed by atoms with van der Waals surface area (Å²) in [6.45, 7) is 5.90. The van der Waals surface area contributed by atoms with Crippen molar-refractivity contribution in [3.05, 3.63) is 59.9 Å². The molecule has 7 heteroatoms. The molecule has 1 aromatic heterocycles. The van der Waals surface area contributed by atoms with Crippen LogP contribution in [0.25, 0.3) is 10.9 Å². The largest absolute Gasteiger partial charge is 0.353 e. The van der Waals surface area contributed by atoms with E-state index in [9.17, 15) is 8.42 Å². The van der Waals surface area contributed by atoms with Crippen LogP contribution in [0.1, 0.15) is 11.1 Å². The van der Waals surface area contributed by atoms with Gasteiger partial charge in [0.05, 0.1) is 10.4 Å². The third-order valence-corrected chi connectivity index (χ3v) is 7.07. The van der Waals surface area contributed by atoms with Gasteiger partial charge in [-0.1, -0.05) is 29.8 Å². The first kappa shape index (κ1) is 17.9. The summed E-state index contributed by atoms with van der Waals surface area (Å²) in [5.41, 5.74) is 2.75. The summed E-state index contributed by atoms with van der Waals surface area (Å²) in [4.78, 5) is 11.3. The lowest BCUT2D eigenvalue weighted by atomic mass is 10.2. The Kier molecular flexibility index (Phi) is 4.57. The van der Waals surface area contributed by atoms with Crippen LogP contribution in [-0.4, -0.2) is 48.9 Å². The Morgan fingerprint density at radius 1 is 0.926 bits per heavy atom. The highest BCUT2D eigenvalue weighted by molar-refractivity contribution is 7.89. The van der Waals surface area contributed by atoms with E-state index in [2.05, 4.69) is 14.9 Å². The van der Waals surface area contributed by atoms with Crippen LogP contribution in [0.3, 0.4) is 0 Å². The van der Waals surface area contributed by atoms with Crippen molar-refractivity contribution in [1.29, 1.82) is 0 Å². The molecule has 1 fully saturated rings. The highest BCUT2D eigenvalue weighted by Crippen LogP contribution is 2.26. The van der Waals surface area contributed by atoms with Gasteiger partial charge in [0.1, 0.15) is 12.1 Å². The maximum Gasteiger partial charge on any atom is 0.243 e. The number of fused-ring (bicyclic) bond motifs is 1. The lowest BCUT2D eigenvalue weighted by Gasteiger charge is -2.35. The van der Waals surface area contributed by atoms with Crippen LogP contribution in [0.15, 0.2) is 53.7 Å². The molecule has 1 aliphatic rings. The third-order valence-electron chi connectivity index (χ3n) is 5.01. The molecule has 27 heavy (non-hydrogen) atoms. The maximum atomic E-state index is 13.1. The van der Waals surface area contributed by atoms with Crippen molar-refractivity contribution < 1.29 is 8.42 Å². The van der Waals surface area contributed by atoms with E-state index in [1.807, 2.05) is 50.2 Å². The number of nitrogens with zero attached hydrogens (tertiary/aromatic N) is 4. The van der Waals surface area contributed by atoms with E-state index in [1.165, 1.54) is 0 Å². The molecule has 1 aliphatic heterocycles. The van der Waals surface area contributed by atoms with Crippen LogP contribution >= 0.6 is 0 Å². The Balaban J connectivity index is 1.56. The fourth-order valence-corrected chi connectivity index (χ4v) is 5.24. The van der Waals surface area contributed by atoms with Gasteiger partial charge >= 0.3 is 0 Å². The van der Waals surface area contributed by atoms with Gasteiger partial charge in [-0.3, -0.25) is 0 Å². The molecule has 0 bridgehead atoms. The fraction of sp³-hybridized carbons (Fsp3) is 0.300. The highest BCUT2D eigenvalue weighted by Gasteiger charge is 2.30. The zero-order valence-corrected chi connectivity index (χ0v) is 16.3. The monoisotopic (exact) mass is 382 g/mol. The molecule has 0 spiro atoms. The molecule has 6 nitrogen and oxygen atoms in total. The summed E-state index contributed by atoms with van der Waals surface area (Å²) >= 11 is 0. The highest BCUT2D eigenvalue weighted by atomic mass is 32.2. The van der Waals surface area contributed by atoms with Crippen molar-refractivity contribution in [2.45, 2.75) is 18.7 Å². The Hall–Kier alpha value is -2.51. The first-order chi connectivity index (χ1) is 13.0. The van der Waals surface area contributed by atoms with E-state index in [0.29, 0.717) is 31.1 Å². The van der Waals surface area contributed by atoms with Crippen molar-refractivity contribution >= 4 is 26.7 Å². The number of hydrogen-bond acceptors (Lipinski definition) is 5. The number of benzene rings is 2. The summed E-state index contributed by atoms with van der Waals surface area (Å²) in [7, 11) is -3.48. The second-order valence-corrected chi connectivity index (χ2v) is 8.78. The number of anilines is 1. The van der Waals surface area contributed by atoms with Crippen LogP contribution in [0.4, 0.5) is 5.82 Å². The van der Waals surface area contributed by atoms with Crippen molar-refractivity contribution in [2.75, 3.05) is 31.1 Å². The zero-order valence-electron chi connectivity index (χ0n) is 15.5. The van der Waals surface area contributed by atoms with Crippen LogP contribution in [0.5, 0.6) is 0 Å². The van der Waals surface area contributed by atoms with Gasteiger partial charge in [0.15, 0.2) is 0 Å². The molecular formula is C20H22N4O2S. The molecule has 0 amide bonds. The van der Waals surface area contributed by atoms with Crippen molar-refractivity contribution in [1.82, 2.24) is 14.3 Å². The molecule has 0 N–H and O–H groups in total. The second-order valence-electron chi connectivity index (χ2n) is 6.87. The van der Waals surface area contributed by atoms with Crippen LogP contribution in [-0.2, 0) is 10.0 Å². The first-order valence-electron chi connectivity index (χ1n) is 8.99. The molecule has 0 atom stereocenters. The molecule has 2 heterocycles. The average molecular weight is 382 g/mol. The Bertz CT molecular complexity index is 1080. The van der Waals surface area contributed by atoms with Gasteiger partial charge in [0.25, 0.3) is 0 Å². The smallest absolute Gasteiger partial charge is 0.243 e. The van der Waals surface area contributed by atoms with Crippen molar-refractivity contribution in [3.8, 4) is 0 Å². The molecule has 0 radical (unpaired) electrons. The number of aromatic nitrogens is 2. The van der Waals surface area contributed by atoms with Gasteiger partial charge in [0, 0.05) is 31.6 Å². The normalized spacial score (nSPS) is 16.0. The van der Waals surface area contributed by atoms with Gasteiger partial charge in [0.2, 0.25) is 10.0 Å². The predicted molar refractivity (Wildman–Crippen MR) is 106 cm³/mol. The lowest BCUT2D eigenvalue weighted by Crippen LogP contribution is -2.49. The predicted octanol–water partition coefficient (Wildman–Crippen LogP) is 2.76.